The van der Waals surface area contributed by atoms with Gasteiger partial charge in [-0.3, -0.25) is 4.79 Å². The summed E-state index contributed by atoms with van der Waals surface area (Å²) >= 11 is 2.93. The molecule has 0 aliphatic carbocycles. The second kappa shape index (κ2) is 6.60. The average Bonchev–Trinajstić information content (AvgIpc) is 2.24. The summed E-state index contributed by atoms with van der Waals surface area (Å²) in [5, 5.41) is 0.113. The summed E-state index contributed by atoms with van der Waals surface area (Å²) in [5.41, 5.74) is 1.04. The summed E-state index contributed by atoms with van der Waals surface area (Å²) in [6.45, 7) is 1.56. The zero-order valence-corrected chi connectivity index (χ0v) is 10.4. The molecule has 0 saturated carbocycles. The fourth-order valence-electron chi connectivity index (χ4n) is 1.02. The van der Waals surface area contributed by atoms with E-state index in [0.717, 1.165) is 5.56 Å². The second-order valence-electron chi connectivity index (χ2n) is 2.78. The molecule has 1 rings (SSSR count). The summed E-state index contributed by atoms with van der Waals surface area (Å²) in [5.74, 6) is 6.63. The lowest BCUT2D eigenvalue weighted by molar-refractivity contribution is -0.109. The maximum Gasteiger partial charge on any atom is 0.186 e. The van der Waals surface area contributed by atoms with E-state index in [0.29, 0.717) is 5.75 Å². The van der Waals surface area contributed by atoms with Gasteiger partial charge in [0.25, 0.3) is 0 Å². The number of hydrogen-bond donors (Lipinski definition) is 0. The largest absolute Gasteiger partial charge is 0.288 e. The quantitative estimate of drug-likeness (QED) is 0.580. The first kappa shape index (κ1) is 12.2. The molecule has 78 valence electrons. The van der Waals surface area contributed by atoms with Gasteiger partial charge in [-0.15, -0.1) is 11.8 Å². The fourth-order valence-corrected chi connectivity index (χ4v) is 1.92. The van der Waals surface area contributed by atoms with E-state index < -0.39 is 0 Å². The Morgan fingerprint density at radius 2 is 2.13 bits per heavy atom. The molecule has 0 heterocycles. The zero-order chi connectivity index (χ0) is 11.1. The van der Waals surface area contributed by atoms with Crippen LogP contribution in [-0.2, 0) is 4.79 Å². The van der Waals surface area contributed by atoms with Crippen LogP contribution in [0.2, 0.25) is 0 Å². The average molecular weight is 236 g/mol. The number of thioether (sulfide) groups is 2. The first-order chi connectivity index (χ1) is 7.24. The Labute approximate surface area is 99.0 Å². The number of rotatable bonds is 2. The molecule has 0 bridgehead atoms. The molecule has 0 aliphatic heterocycles. The van der Waals surface area contributed by atoms with Gasteiger partial charge in [-0.25, -0.2) is 0 Å². The fraction of sp³-hybridized carbons (Fsp3) is 0.250. The van der Waals surface area contributed by atoms with Crippen molar-refractivity contribution in [3.05, 3.63) is 29.8 Å². The lowest BCUT2D eigenvalue weighted by atomic mass is 10.2. The van der Waals surface area contributed by atoms with Crippen LogP contribution in [-0.4, -0.2) is 17.1 Å². The van der Waals surface area contributed by atoms with Gasteiger partial charge in [0.1, 0.15) is 0 Å². The predicted molar refractivity (Wildman–Crippen MR) is 68.2 cm³/mol. The molecule has 0 aliphatic rings. The third-order valence-electron chi connectivity index (χ3n) is 1.68. The van der Waals surface area contributed by atoms with Crippen LogP contribution in [0.3, 0.4) is 0 Å². The summed E-state index contributed by atoms with van der Waals surface area (Å²) in [4.78, 5) is 11.8. The molecule has 3 heteroatoms. The Morgan fingerprint density at radius 3 is 2.80 bits per heavy atom. The summed E-state index contributed by atoms with van der Waals surface area (Å²) in [6.07, 6.45) is 2.03. The Morgan fingerprint density at radius 1 is 1.40 bits per heavy atom. The van der Waals surface area contributed by atoms with Gasteiger partial charge in [-0.05, 0) is 18.4 Å². The molecule has 0 amide bonds. The lowest BCUT2D eigenvalue weighted by Gasteiger charge is -1.98. The van der Waals surface area contributed by atoms with E-state index in [-0.39, 0.29) is 5.12 Å². The molecule has 1 nitrogen and oxygen atoms in total. The van der Waals surface area contributed by atoms with Gasteiger partial charge in [0.15, 0.2) is 5.12 Å². The highest BCUT2D eigenvalue weighted by molar-refractivity contribution is 8.13. The van der Waals surface area contributed by atoms with Gasteiger partial charge in [0, 0.05) is 17.4 Å². The maximum atomic E-state index is 10.7. The molecule has 0 unspecified atom stereocenters. The number of carbonyl (C=O) groups is 1. The molecule has 15 heavy (non-hydrogen) atoms. The molecule has 0 atom stereocenters. The topological polar surface area (TPSA) is 17.1 Å². The van der Waals surface area contributed by atoms with Crippen LogP contribution in [0, 0.1) is 11.8 Å². The van der Waals surface area contributed by atoms with Crippen molar-refractivity contribution in [1.29, 1.82) is 0 Å². The van der Waals surface area contributed by atoms with Gasteiger partial charge in [-0.2, -0.15) is 0 Å². The van der Waals surface area contributed by atoms with Crippen LogP contribution in [0.4, 0.5) is 0 Å². The first-order valence-electron chi connectivity index (χ1n) is 4.49. The van der Waals surface area contributed by atoms with E-state index >= 15 is 0 Å². The Balaban J connectivity index is 2.66. The lowest BCUT2D eigenvalue weighted by Crippen LogP contribution is -1.83. The maximum absolute atomic E-state index is 10.7. The summed E-state index contributed by atoms with van der Waals surface area (Å²) in [6, 6.07) is 8.02. The molecule has 0 fully saturated rings. The van der Waals surface area contributed by atoms with E-state index in [1.807, 2.05) is 30.5 Å². The van der Waals surface area contributed by atoms with Crippen molar-refractivity contribution in [3.63, 3.8) is 0 Å². The van der Waals surface area contributed by atoms with Crippen LogP contribution in [0.25, 0.3) is 0 Å². The predicted octanol–water partition coefficient (Wildman–Crippen LogP) is 3.04. The minimum Gasteiger partial charge on any atom is -0.288 e. The van der Waals surface area contributed by atoms with E-state index in [1.54, 1.807) is 18.7 Å². The third kappa shape index (κ3) is 4.46. The summed E-state index contributed by atoms with van der Waals surface area (Å²) in [7, 11) is 0. The number of hydrogen-bond acceptors (Lipinski definition) is 3. The Bertz CT molecular complexity index is 402. The van der Waals surface area contributed by atoms with Crippen molar-refractivity contribution in [3.8, 4) is 11.8 Å². The van der Waals surface area contributed by atoms with Gasteiger partial charge in [0.2, 0.25) is 0 Å². The van der Waals surface area contributed by atoms with Crippen molar-refractivity contribution in [2.45, 2.75) is 11.8 Å². The number of carbonyl (C=O) groups excluding carboxylic acids is 1. The van der Waals surface area contributed by atoms with Crippen molar-refractivity contribution >= 4 is 28.6 Å². The highest BCUT2D eigenvalue weighted by atomic mass is 32.2. The SMILES string of the molecule is CSc1ccccc1C#CCSC(C)=O. The minimum atomic E-state index is 0.113. The van der Waals surface area contributed by atoms with Crippen LogP contribution in [0.5, 0.6) is 0 Å². The van der Waals surface area contributed by atoms with Crippen molar-refractivity contribution in [2.75, 3.05) is 12.0 Å². The number of benzene rings is 1. The van der Waals surface area contributed by atoms with Crippen molar-refractivity contribution in [1.82, 2.24) is 0 Å². The smallest absolute Gasteiger partial charge is 0.186 e. The first-order valence-corrected chi connectivity index (χ1v) is 6.70. The van der Waals surface area contributed by atoms with Crippen LogP contribution < -0.4 is 0 Å². The monoisotopic (exact) mass is 236 g/mol. The summed E-state index contributed by atoms with van der Waals surface area (Å²) < 4.78 is 0. The van der Waals surface area contributed by atoms with Crippen molar-refractivity contribution in [2.24, 2.45) is 0 Å². The Hall–Kier alpha value is -0.850. The van der Waals surface area contributed by atoms with Crippen molar-refractivity contribution < 1.29 is 4.79 Å². The highest BCUT2D eigenvalue weighted by Gasteiger charge is 1.95. The second-order valence-corrected chi connectivity index (χ2v) is 4.78. The highest BCUT2D eigenvalue weighted by Crippen LogP contribution is 2.18. The molecule has 0 aromatic heterocycles. The molecular formula is C12H12OS2. The third-order valence-corrected chi connectivity index (χ3v) is 3.17. The van der Waals surface area contributed by atoms with Crippen LogP contribution >= 0.6 is 23.5 Å². The Kier molecular flexibility index (Phi) is 5.38. The molecule has 0 saturated heterocycles. The van der Waals surface area contributed by atoms with E-state index in [2.05, 4.69) is 11.8 Å². The molecule has 0 spiro atoms. The van der Waals surface area contributed by atoms with Gasteiger partial charge in [-0.1, -0.05) is 35.7 Å². The normalized spacial score (nSPS) is 9.20. The molecular weight excluding hydrogens is 224 g/mol. The van der Waals surface area contributed by atoms with Crippen LogP contribution in [0.1, 0.15) is 12.5 Å². The van der Waals surface area contributed by atoms with E-state index in [9.17, 15) is 4.79 Å². The zero-order valence-electron chi connectivity index (χ0n) is 8.74. The molecule has 1 aromatic carbocycles. The minimum absolute atomic E-state index is 0.113. The van der Waals surface area contributed by atoms with Gasteiger partial charge >= 0.3 is 0 Å². The molecule has 0 N–H and O–H groups in total. The van der Waals surface area contributed by atoms with Crippen LogP contribution in [0.15, 0.2) is 29.2 Å². The standard InChI is InChI=1S/C12H12OS2/c1-10(13)15-9-5-7-11-6-3-4-8-12(11)14-2/h3-4,6,8H,9H2,1-2H3. The van der Waals surface area contributed by atoms with Gasteiger partial charge in [0.05, 0.1) is 5.75 Å². The molecule has 1 aromatic rings. The van der Waals surface area contributed by atoms with Gasteiger partial charge < -0.3 is 0 Å². The van der Waals surface area contributed by atoms with E-state index in [1.165, 1.54) is 16.7 Å². The van der Waals surface area contributed by atoms with E-state index in [4.69, 9.17) is 0 Å². The molecule has 0 radical (unpaired) electrons.